The second-order valence-electron chi connectivity index (χ2n) is 8.85. The van der Waals surface area contributed by atoms with Gasteiger partial charge in [0.1, 0.15) is 12.4 Å². The van der Waals surface area contributed by atoms with Gasteiger partial charge in [0.05, 0.1) is 10.8 Å². The quantitative estimate of drug-likeness (QED) is 0.694. The molecule has 170 valence electrons. The molecule has 2 aromatic carbocycles. The molecule has 0 aromatic heterocycles. The molecule has 1 amide bonds. The van der Waals surface area contributed by atoms with Crippen molar-refractivity contribution in [2.75, 3.05) is 31.6 Å². The van der Waals surface area contributed by atoms with Gasteiger partial charge in [-0.25, -0.2) is 13.1 Å². The number of piperidine rings is 3. The molecule has 7 nitrogen and oxygen atoms in total. The average Bonchev–Trinajstić information content (AvgIpc) is 2.79. The van der Waals surface area contributed by atoms with Crippen molar-refractivity contribution in [2.45, 2.75) is 30.2 Å². The number of nitrogens with zero attached hydrogens (tertiary/aromatic N) is 1. The Balaban J connectivity index is 1.26. The van der Waals surface area contributed by atoms with Crippen LogP contribution >= 0.6 is 11.6 Å². The monoisotopic (exact) mass is 475 g/mol. The summed E-state index contributed by atoms with van der Waals surface area (Å²) in [4.78, 5) is 15.3. The molecule has 4 aliphatic heterocycles. The fourth-order valence-electron chi connectivity index (χ4n) is 4.88. The smallest absolute Gasteiger partial charge is 0.240 e. The topological polar surface area (TPSA) is 87.7 Å². The molecule has 3 saturated heterocycles. The van der Waals surface area contributed by atoms with E-state index in [2.05, 4.69) is 14.9 Å². The summed E-state index contributed by atoms with van der Waals surface area (Å²) in [6.45, 7) is 3.12. The Labute approximate surface area is 193 Å². The van der Waals surface area contributed by atoms with E-state index in [1.165, 1.54) is 6.07 Å². The number of carbonyl (C=O) groups excluding carboxylic acids is 1. The molecule has 3 fully saturated rings. The summed E-state index contributed by atoms with van der Waals surface area (Å²) in [5, 5.41) is 3.45. The lowest BCUT2D eigenvalue weighted by Crippen LogP contribution is -2.57. The Morgan fingerprint density at radius 1 is 1.12 bits per heavy atom. The highest BCUT2D eigenvalue weighted by molar-refractivity contribution is 7.89. The maximum absolute atomic E-state index is 13.0. The number of sulfonamides is 1. The molecule has 2 unspecified atom stereocenters. The molecular weight excluding hydrogens is 450 g/mol. The number of nitrogens with one attached hydrogen (secondary N) is 2. The van der Waals surface area contributed by atoms with Crippen molar-refractivity contribution in [1.29, 1.82) is 0 Å². The number of hydrogen-bond acceptors (Lipinski definition) is 5. The van der Waals surface area contributed by atoms with Gasteiger partial charge in [-0.1, -0.05) is 17.7 Å². The summed E-state index contributed by atoms with van der Waals surface area (Å²) in [6, 6.07) is 11.7. The Hall–Kier alpha value is -2.13. The zero-order valence-electron chi connectivity index (χ0n) is 17.6. The van der Waals surface area contributed by atoms with E-state index in [4.69, 9.17) is 16.3 Å². The molecule has 32 heavy (non-hydrogen) atoms. The Morgan fingerprint density at radius 2 is 1.94 bits per heavy atom. The lowest BCUT2D eigenvalue weighted by molar-refractivity contribution is -0.121. The fourth-order valence-corrected chi connectivity index (χ4v) is 6.42. The standard InChI is InChI=1S/C23H26ClN3O4S/c24-18-4-5-22-16(11-18)10-17(14-31-22)23(28)25-19-2-1-3-20(12-19)32(29,30)26-21-13-27-8-6-15(21)7-9-27/h1-5,11-12,15,17,21,26H,6-10,13-14H2,(H,25,28). The van der Waals surface area contributed by atoms with Crippen LogP contribution in [0.15, 0.2) is 47.4 Å². The van der Waals surface area contributed by atoms with Crippen molar-refractivity contribution in [2.24, 2.45) is 11.8 Å². The molecule has 9 heteroatoms. The molecule has 2 N–H and O–H groups in total. The van der Waals surface area contributed by atoms with E-state index < -0.39 is 10.0 Å². The maximum Gasteiger partial charge on any atom is 0.240 e. The Morgan fingerprint density at radius 3 is 2.69 bits per heavy atom. The molecule has 4 aliphatic rings. The lowest BCUT2D eigenvalue weighted by Gasteiger charge is -2.44. The van der Waals surface area contributed by atoms with Gasteiger partial charge >= 0.3 is 0 Å². The van der Waals surface area contributed by atoms with Gasteiger partial charge in [0, 0.05) is 23.3 Å². The summed E-state index contributed by atoms with van der Waals surface area (Å²) in [7, 11) is -3.68. The number of hydrogen-bond donors (Lipinski definition) is 2. The van der Waals surface area contributed by atoms with E-state index in [1.54, 1.807) is 24.3 Å². The number of rotatable bonds is 5. The second kappa shape index (κ2) is 8.67. The van der Waals surface area contributed by atoms with Gasteiger partial charge in [-0.2, -0.15) is 0 Å². The van der Waals surface area contributed by atoms with Crippen LogP contribution in [-0.2, 0) is 21.2 Å². The summed E-state index contributed by atoms with van der Waals surface area (Å²) in [5.41, 5.74) is 1.34. The SMILES string of the molecule is O=C(Nc1cccc(S(=O)(=O)NC2CN3CCC2CC3)c1)C1COc2ccc(Cl)cc2C1. The number of fused-ring (bicyclic) bond motifs is 4. The molecule has 2 aromatic rings. The molecule has 2 bridgehead atoms. The number of carbonyl (C=O) groups is 1. The van der Waals surface area contributed by atoms with Crippen LogP contribution in [0.1, 0.15) is 18.4 Å². The summed E-state index contributed by atoms with van der Waals surface area (Å²) >= 11 is 6.06. The predicted molar refractivity (Wildman–Crippen MR) is 122 cm³/mol. The zero-order chi connectivity index (χ0) is 22.3. The highest BCUT2D eigenvalue weighted by Gasteiger charge is 2.36. The number of amides is 1. The van der Waals surface area contributed by atoms with Crippen LogP contribution in [0.25, 0.3) is 0 Å². The predicted octanol–water partition coefficient (Wildman–Crippen LogP) is 2.90. The highest BCUT2D eigenvalue weighted by Crippen LogP contribution is 2.31. The van der Waals surface area contributed by atoms with E-state index in [0.29, 0.717) is 23.0 Å². The van der Waals surface area contributed by atoms with E-state index >= 15 is 0 Å². The van der Waals surface area contributed by atoms with Crippen LogP contribution in [-0.4, -0.2) is 51.5 Å². The van der Waals surface area contributed by atoms with Crippen LogP contribution in [0.4, 0.5) is 5.69 Å². The summed E-state index contributed by atoms with van der Waals surface area (Å²) in [6.07, 6.45) is 2.57. The molecule has 0 spiro atoms. The van der Waals surface area contributed by atoms with E-state index in [1.807, 2.05) is 12.1 Å². The third kappa shape index (κ3) is 4.50. The van der Waals surface area contributed by atoms with Gasteiger partial charge in [0.25, 0.3) is 0 Å². The maximum atomic E-state index is 13.0. The van der Waals surface area contributed by atoms with Gasteiger partial charge in [-0.3, -0.25) is 4.79 Å². The second-order valence-corrected chi connectivity index (χ2v) is 11.0. The number of ether oxygens (including phenoxy) is 1. The minimum atomic E-state index is -3.68. The third-order valence-corrected chi connectivity index (χ3v) is 8.40. The molecule has 0 aliphatic carbocycles. The van der Waals surface area contributed by atoms with Crippen LogP contribution in [0, 0.1) is 11.8 Å². The van der Waals surface area contributed by atoms with Crippen molar-refractivity contribution < 1.29 is 17.9 Å². The number of halogens is 1. The first kappa shape index (κ1) is 21.7. The molecule has 4 heterocycles. The molecule has 6 rings (SSSR count). The molecule has 0 radical (unpaired) electrons. The van der Waals surface area contributed by atoms with E-state index in [-0.39, 0.29) is 29.4 Å². The van der Waals surface area contributed by atoms with Crippen molar-refractivity contribution in [1.82, 2.24) is 9.62 Å². The third-order valence-electron chi connectivity index (χ3n) is 6.67. The molecular formula is C23H26ClN3O4S. The average molecular weight is 476 g/mol. The Bertz CT molecular complexity index is 1130. The van der Waals surface area contributed by atoms with Crippen molar-refractivity contribution >= 4 is 33.2 Å². The first-order valence-electron chi connectivity index (χ1n) is 10.9. The van der Waals surface area contributed by atoms with Crippen LogP contribution in [0.2, 0.25) is 5.02 Å². The fraction of sp³-hybridized carbons (Fsp3) is 0.435. The van der Waals surface area contributed by atoms with Crippen LogP contribution in [0.3, 0.4) is 0 Å². The first-order chi connectivity index (χ1) is 15.4. The summed E-state index contributed by atoms with van der Waals surface area (Å²) in [5.74, 6) is 0.535. The lowest BCUT2D eigenvalue weighted by atomic mass is 9.85. The van der Waals surface area contributed by atoms with Crippen LogP contribution < -0.4 is 14.8 Å². The first-order valence-corrected chi connectivity index (χ1v) is 12.8. The number of benzene rings is 2. The van der Waals surface area contributed by atoms with E-state index in [0.717, 1.165) is 43.8 Å². The van der Waals surface area contributed by atoms with Crippen molar-refractivity contribution in [3.63, 3.8) is 0 Å². The zero-order valence-corrected chi connectivity index (χ0v) is 19.2. The minimum absolute atomic E-state index is 0.0629. The van der Waals surface area contributed by atoms with Gasteiger partial charge in [-0.15, -0.1) is 0 Å². The molecule has 0 saturated carbocycles. The summed E-state index contributed by atoms with van der Waals surface area (Å²) < 4.78 is 34.6. The molecule has 2 atom stereocenters. The highest BCUT2D eigenvalue weighted by atomic mass is 35.5. The van der Waals surface area contributed by atoms with Gasteiger partial charge < -0.3 is 15.0 Å². The minimum Gasteiger partial charge on any atom is -0.492 e. The van der Waals surface area contributed by atoms with Gasteiger partial charge in [0.2, 0.25) is 15.9 Å². The van der Waals surface area contributed by atoms with Crippen molar-refractivity contribution in [3.05, 3.63) is 53.1 Å². The largest absolute Gasteiger partial charge is 0.492 e. The van der Waals surface area contributed by atoms with Gasteiger partial charge in [-0.05, 0) is 80.2 Å². The van der Waals surface area contributed by atoms with E-state index in [9.17, 15) is 13.2 Å². The normalized spacial score (nSPS) is 26.8. The van der Waals surface area contributed by atoms with Crippen molar-refractivity contribution in [3.8, 4) is 5.75 Å². The van der Waals surface area contributed by atoms with Crippen LogP contribution in [0.5, 0.6) is 5.75 Å². The number of anilines is 1. The van der Waals surface area contributed by atoms with Gasteiger partial charge in [0.15, 0.2) is 0 Å². The Kier molecular flexibility index (Phi) is 5.88.